The molecule has 0 aromatic carbocycles. The summed E-state index contributed by atoms with van der Waals surface area (Å²) in [5.74, 6) is 1.69. The number of nitrogens with one attached hydrogen (secondary N) is 2. The summed E-state index contributed by atoms with van der Waals surface area (Å²) < 4.78 is 5.50. The predicted octanol–water partition coefficient (Wildman–Crippen LogP) is 2.70. The quantitative estimate of drug-likeness (QED) is 0.831. The molecular formula is C17H32N2O. The largest absolute Gasteiger partial charge is 0.381 e. The molecule has 2 N–H and O–H groups in total. The van der Waals surface area contributed by atoms with Gasteiger partial charge in [0.1, 0.15) is 0 Å². The van der Waals surface area contributed by atoms with Gasteiger partial charge >= 0.3 is 0 Å². The van der Waals surface area contributed by atoms with Crippen LogP contribution >= 0.6 is 0 Å². The van der Waals surface area contributed by atoms with Crippen LogP contribution in [0.25, 0.3) is 0 Å². The van der Waals surface area contributed by atoms with Gasteiger partial charge in [-0.05, 0) is 63.8 Å². The summed E-state index contributed by atoms with van der Waals surface area (Å²) in [7, 11) is 0. The third-order valence-corrected chi connectivity index (χ3v) is 5.88. The molecule has 0 amide bonds. The average molecular weight is 280 g/mol. The molecule has 0 bridgehead atoms. The summed E-state index contributed by atoms with van der Waals surface area (Å²) in [6.07, 6.45) is 10.9. The van der Waals surface area contributed by atoms with E-state index >= 15 is 0 Å². The van der Waals surface area contributed by atoms with Crippen LogP contribution in [0.15, 0.2) is 0 Å². The highest BCUT2D eigenvalue weighted by atomic mass is 16.5. The maximum absolute atomic E-state index is 5.50. The first kappa shape index (κ1) is 14.8. The van der Waals surface area contributed by atoms with Gasteiger partial charge in [0.05, 0.1) is 0 Å². The van der Waals surface area contributed by atoms with Gasteiger partial charge in [0.2, 0.25) is 0 Å². The minimum absolute atomic E-state index is 0.658. The minimum atomic E-state index is 0.658. The van der Waals surface area contributed by atoms with Crippen LogP contribution in [0.3, 0.4) is 0 Å². The maximum atomic E-state index is 5.50. The van der Waals surface area contributed by atoms with Crippen LogP contribution in [0, 0.1) is 11.8 Å². The lowest BCUT2D eigenvalue weighted by atomic mass is 9.78. The molecular weight excluding hydrogens is 248 g/mol. The van der Waals surface area contributed by atoms with E-state index in [-0.39, 0.29) is 0 Å². The van der Waals surface area contributed by atoms with Crippen molar-refractivity contribution in [3.63, 3.8) is 0 Å². The molecule has 0 aromatic rings. The second-order valence-electron chi connectivity index (χ2n) is 7.16. The maximum Gasteiger partial charge on any atom is 0.0469 e. The Labute approximate surface area is 124 Å². The summed E-state index contributed by atoms with van der Waals surface area (Å²) >= 11 is 0. The van der Waals surface area contributed by atoms with Gasteiger partial charge < -0.3 is 15.4 Å². The third kappa shape index (κ3) is 3.55. The highest BCUT2D eigenvalue weighted by Gasteiger charge is 2.34. The van der Waals surface area contributed by atoms with Crippen molar-refractivity contribution in [2.75, 3.05) is 19.8 Å². The Morgan fingerprint density at radius 2 is 1.80 bits per heavy atom. The summed E-state index contributed by atoms with van der Waals surface area (Å²) in [6, 6.07) is 2.19. The molecule has 0 spiro atoms. The first-order valence-electron chi connectivity index (χ1n) is 8.92. The van der Waals surface area contributed by atoms with E-state index in [9.17, 15) is 0 Å². The van der Waals surface area contributed by atoms with Crippen molar-refractivity contribution in [3.8, 4) is 0 Å². The van der Waals surface area contributed by atoms with Crippen LogP contribution in [-0.2, 0) is 4.74 Å². The SMILES string of the molecule is CC(NC1CCCCC1C1CCCN1)C1CCOCC1. The van der Waals surface area contributed by atoms with Gasteiger partial charge in [0.15, 0.2) is 0 Å². The van der Waals surface area contributed by atoms with E-state index in [1.807, 2.05) is 0 Å². The Morgan fingerprint density at radius 1 is 1.00 bits per heavy atom. The number of rotatable bonds is 4. The second kappa shape index (κ2) is 7.24. The van der Waals surface area contributed by atoms with Gasteiger partial charge in [-0.2, -0.15) is 0 Å². The molecule has 116 valence electrons. The summed E-state index contributed by atoms with van der Waals surface area (Å²) in [6.45, 7) is 5.58. The van der Waals surface area contributed by atoms with Gasteiger partial charge in [-0.25, -0.2) is 0 Å². The topological polar surface area (TPSA) is 33.3 Å². The van der Waals surface area contributed by atoms with Crippen LogP contribution < -0.4 is 10.6 Å². The standard InChI is InChI=1S/C17H32N2O/c1-13(14-8-11-20-12-9-14)19-17-6-3-2-5-15(17)16-7-4-10-18-16/h13-19H,2-12H2,1H3. The van der Waals surface area contributed by atoms with Crippen LogP contribution in [0.4, 0.5) is 0 Å². The van der Waals surface area contributed by atoms with Crippen LogP contribution in [0.1, 0.15) is 58.3 Å². The van der Waals surface area contributed by atoms with Crippen molar-refractivity contribution < 1.29 is 4.74 Å². The fourth-order valence-electron chi connectivity index (χ4n) is 4.61. The molecule has 0 radical (unpaired) electrons. The van der Waals surface area contributed by atoms with Crippen molar-refractivity contribution in [1.82, 2.24) is 10.6 Å². The van der Waals surface area contributed by atoms with Crippen LogP contribution in [0.2, 0.25) is 0 Å². The molecule has 2 heterocycles. The van der Waals surface area contributed by atoms with Crippen molar-refractivity contribution in [1.29, 1.82) is 0 Å². The van der Waals surface area contributed by atoms with Crippen LogP contribution in [-0.4, -0.2) is 37.9 Å². The Morgan fingerprint density at radius 3 is 2.55 bits per heavy atom. The average Bonchev–Trinajstić information content (AvgIpc) is 3.03. The third-order valence-electron chi connectivity index (χ3n) is 5.88. The predicted molar refractivity (Wildman–Crippen MR) is 82.9 cm³/mol. The van der Waals surface area contributed by atoms with E-state index in [0.717, 1.165) is 37.1 Å². The van der Waals surface area contributed by atoms with Crippen molar-refractivity contribution in [2.24, 2.45) is 11.8 Å². The van der Waals surface area contributed by atoms with Gasteiger partial charge in [0.25, 0.3) is 0 Å². The molecule has 3 nitrogen and oxygen atoms in total. The zero-order valence-electron chi connectivity index (χ0n) is 13.1. The lowest BCUT2D eigenvalue weighted by molar-refractivity contribution is 0.0509. The normalized spacial score (nSPS) is 38.0. The minimum Gasteiger partial charge on any atom is -0.381 e. The molecule has 3 rings (SSSR count). The van der Waals surface area contributed by atoms with E-state index in [2.05, 4.69) is 17.6 Å². The zero-order chi connectivity index (χ0) is 13.8. The molecule has 2 saturated heterocycles. The molecule has 2 aliphatic heterocycles. The van der Waals surface area contributed by atoms with Crippen molar-refractivity contribution >= 4 is 0 Å². The summed E-state index contributed by atoms with van der Waals surface area (Å²) in [5, 5.41) is 7.77. The van der Waals surface area contributed by atoms with Gasteiger partial charge in [0, 0.05) is 31.3 Å². The fourth-order valence-corrected chi connectivity index (χ4v) is 4.61. The molecule has 20 heavy (non-hydrogen) atoms. The first-order valence-corrected chi connectivity index (χ1v) is 8.92. The molecule has 0 aromatic heterocycles. The Balaban J connectivity index is 1.55. The smallest absolute Gasteiger partial charge is 0.0469 e. The van der Waals surface area contributed by atoms with E-state index in [1.165, 1.54) is 57.9 Å². The van der Waals surface area contributed by atoms with E-state index in [4.69, 9.17) is 4.74 Å². The molecule has 4 unspecified atom stereocenters. The van der Waals surface area contributed by atoms with Crippen LogP contribution in [0.5, 0.6) is 0 Å². The first-order chi connectivity index (χ1) is 9.84. The van der Waals surface area contributed by atoms with Gasteiger partial charge in [-0.15, -0.1) is 0 Å². The van der Waals surface area contributed by atoms with Gasteiger partial charge in [-0.3, -0.25) is 0 Å². The number of hydrogen-bond donors (Lipinski definition) is 2. The molecule has 1 aliphatic carbocycles. The Hall–Kier alpha value is -0.120. The molecule has 3 fully saturated rings. The summed E-state index contributed by atoms with van der Waals surface area (Å²) in [4.78, 5) is 0. The Bertz CT molecular complexity index is 285. The fraction of sp³-hybridized carbons (Fsp3) is 1.00. The number of ether oxygens (including phenoxy) is 1. The van der Waals surface area contributed by atoms with Gasteiger partial charge in [-0.1, -0.05) is 12.8 Å². The zero-order valence-corrected chi connectivity index (χ0v) is 13.1. The molecule has 3 heteroatoms. The highest BCUT2D eigenvalue weighted by Crippen LogP contribution is 2.32. The van der Waals surface area contributed by atoms with E-state index in [0.29, 0.717) is 6.04 Å². The van der Waals surface area contributed by atoms with Crippen molar-refractivity contribution in [3.05, 3.63) is 0 Å². The monoisotopic (exact) mass is 280 g/mol. The van der Waals surface area contributed by atoms with E-state index < -0.39 is 0 Å². The number of hydrogen-bond acceptors (Lipinski definition) is 3. The second-order valence-corrected chi connectivity index (χ2v) is 7.16. The summed E-state index contributed by atoms with van der Waals surface area (Å²) in [5.41, 5.74) is 0. The molecule has 4 atom stereocenters. The highest BCUT2D eigenvalue weighted by molar-refractivity contribution is 4.93. The van der Waals surface area contributed by atoms with Crippen molar-refractivity contribution in [2.45, 2.75) is 76.4 Å². The molecule has 1 saturated carbocycles. The Kier molecular flexibility index (Phi) is 5.36. The lowest BCUT2D eigenvalue weighted by Gasteiger charge is -2.40. The lowest BCUT2D eigenvalue weighted by Crippen LogP contribution is -2.51. The molecule has 3 aliphatic rings. The van der Waals surface area contributed by atoms with E-state index in [1.54, 1.807) is 0 Å².